The van der Waals surface area contributed by atoms with Crippen molar-refractivity contribution in [1.29, 1.82) is 0 Å². The first-order chi connectivity index (χ1) is 13.5. The number of benzene rings is 2. The van der Waals surface area contributed by atoms with Gasteiger partial charge in [0.2, 0.25) is 5.91 Å². The second-order valence-electron chi connectivity index (χ2n) is 6.61. The van der Waals surface area contributed by atoms with E-state index < -0.39 is 5.97 Å². The summed E-state index contributed by atoms with van der Waals surface area (Å²) in [6, 6.07) is 12.7. The molecule has 3 rings (SSSR count). The third-order valence-corrected chi connectivity index (χ3v) is 4.51. The molecule has 0 aliphatic carbocycles. The minimum absolute atomic E-state index is 0.128. The average Bonchev–Trinajstić information content (AvgIpc) is 2.72. The van der Waals surface area contributed by atoms with Crippen LogP contribution in [0.4, 0.5) is 5.69 Å². The molecule has 1 aliphatic heterocycles. The second kappa shape index (κ2) is 8.75. The van der Waals surface area contributed by atoms with Gasteiger partial charge in [0.15, 0.2) is 11.5 Å². The van der Waals surface area contributed by atoms with Gasteiger partial charge in [-0.1, -0.05) is 18.2 Å². The Kier molecular flexibility index (Phi) is 6.16. The lowest BCUT2D eigenvalue weighted by atomic mass is 10.1. The van der Waals surface area contributed by atoms with E-state index in [4.69, 9.17) is 14.2 Å². The van der Waals surface area contributed by atoms with Crippen LogP contribution in [0.25, 0.3) is 0 Å². The van der Waals surface area contributed by atoms with Crippen LogP contribution in [0.3, 0.4) is 0 Å². The Morgan fingerprint density at radius 2 is 1.75 bits per heavy atom. The van der Waals surface area contributed by atoms with Gasteiger partial charge in [-0.25, -0.2) is 4.79 Å². The smallest absolute Gasteiger partial charge is 0.339 e. The number of hydrogen-bond donors (Lipinski definition) is 0. The molecule has 0 radical (unpaired) electrons. The number of methoxy groups -OCH3 is 1. The van der Waals surface area contributed by atoms with Crippen LogP contribution in [0.15, 0.2) is 42.5 Å². The van der Waals surface area contributed by atoms with Gasteiger partial charge < -0.3 is 19.1 Å². The fourth-order valence-corrected chi connectivity index (χ4v) is 3.07. The van der Waals surface area contributed by atoms with Gasteiger partial charge in [0, 0.05) is 13.6 Å². The van der Waals surface area contributed by atoms with Gasteiger partial charge in [-0.2, -0.15) is 0 Å². The van der Waals surface area contributed by atoms with Crippen molar-refractivity contribution >= 4 is 17.6 Å². The van der Waals surface area contributed by atoms with E-state index in [-0.39, 0.29) is 12.5 Å². The van der Waals surface area contributed by atoms with Crippen LogP contribution in [0.1, 0.15) is 15.9 Å². The molecule has 7 nitrogen and oxygen atoms in total. The Balaban J connectivity index is 1.65. The van der Waals surface area contributed by atoms with E-state index in [2.05, 4.69) is 0 Å². The lowest BCUT2D eigenvalue weighted by molar-refractivity contribution is -0.119. The lowest BCUT2D eigenvalue weighted by Gasteiger charge is -2.24. The number of likely N-dealkylation sites (N-methyl/N-ethyl adjacent to an activating group) is 2. The number of amides is 1. The highest BCUT2D eigenvalue weighted by molar-refractivity contribution is 6.02. The van der Waals surface area contributed by atoms with Crippen LogP contribution in [-0.2, 0) is 16.1 Å². The molecule has 1 aliphatic rings. The highest BCUT2D eigenvalue weighted by atomic mass is 16.6. The van der Waals surface area contributed by atoms with Crippen LogP contribution < -0.4 is 14.4 Å². The monoisotopic (exact) mass is 384 g/mol. The van der Waals surface area contributed by atoms with Crippen LogP contribution >= 0.6 is 0 Å². The Hall–Kier alpha value is -3.06. The molecule has 0 saturated heterocycles. The Bertz CT molecular complexity index is 868. The summed E-state index contributed by atoms with van der Waals surface area (Å²) >= 11 is 0. The van der Waals surface area contributed by atoms with E-state index in [1.54, 1.807) is 31.3 Å². The van der Waals surface area contributed by atoms with Crippen LogP contribution in [0, 0.1) is 0 Å². The van der Waals surface area contributed by atoms with Gasteiger partial charge in [-0.15, -0.1) is 0 Å². The molecular weight excluding hydrogens is 360 g/mol. The normalized spacial score (nSPS) is 12.6. The van der Waals surface area contributed by atoms with Crippen molar-refractivity contribution in [2.45, 2.75) is 6.54 Å². The molecule has 0 fully saturated rings. The predicted octanol–water partition coefficient (Wildman–Crippen LogP) is 2.34. The summed E-state index contributed by atoms with van der Waals surface area (Å²) in [5.74, 6) is 0.872. The first kappa shape index (κ1) is 19.7. The summed E-state index contributed by atoms with van der Waals surface area (Å²) in [4.78, 5) is 28.1. The van der Waals surface area contributed by atoms with Crippen LogP contribution in [0.2, 0.25) is 0 Å². The first-order valence-electron chi connectivity index (χ1n) is 9.00. The van der Waals surface area contributed by atoms with Crippen molar-refractivity contribution in [3.8, 4) is 11.5 Å². The zero-order valence-corrected chi connectivity index (χ0v) is 16.3. The number of hydrogen-bond acceptors (Lipinski definition) is 6. The molecule has 2 aromatic rings. The SMILES string of the molecule is COC(=O)c1ccccc1N(C)C(=O)CN(C)Cc1ccc2c(c1)OCCO2. The van der Waals surface area contributed by atoms with Crippen molar-refractivity contribution in [3.63, 3.8) is 0 Å². The summed E-state index contributed by atoms with van der Waals surface area (Å²) in [5.41, 5.74) is 1.90. The number of para-hydroxylation sites is 1. The zero-order valence-electron chi connectivity index (χ0n) is 16.3. The van der Waals surface area contributed by atoms with E-state index in [0.717, 1.165) is 17.1 Å². The number of nitrogens with zero attached hydrogens (tertiary/aromatic N) is 2. The lowest BCUT2D eigenvalue weighted by Crippen LogP contribution is -2.37. The van der Waals surface area contributed by atoms with Crippen molar-refractivity contribution in [2.24, 2.45) is 0 Å². The number of anilines is 1. The van der Waals surface area contributed by atoms with E-state index >= 15 is 0 Å². The van der Waals surface area contributed by atoms with Crippen LogP contribution in [0.5, 0.6) is 11.5 Å². The molecule has 0 aromatic heterocycles. The first-order valence-corrected chi connectivity index (χ1v) is 9.00. The molecule has 1 heterocycles. The summed E-state index contributed by atoms with van der Waals surface area (Å²) in [5, 5.41) is 0. The van der Waals surface area contributed by atoms with Crippen molar-refractivity contribution in [1.82, 2.24) is 4.90 Å². The average molecular weight is 384 g/mol. The molecule has 0 unspecified atom stereocenters. The summed E-state index contributed by atoms with van der Waals surface area (Å²) in [7, 11) is 4.85. The minimum Gasteiger partial charge on any atom is -0.486 e. The molecule has 7 heteroatoms. The van der Waals surface area contributed by atoms with E-state index in [1.165, 1.54) is 12.0 Å². The highest BCUT2D eigenvalue weighted by Crippen LogP contribution is 2.31. The van der Waals surface area contributed by atoms with E-state index in [9.17, 15) is 9.59 Å². The Morgan fingerprint density at radius 1 is 1.04 bits per heavy atom. The molecule has 2 aromatic carbocycles. The molecule has 0 N–H and O–H groups in total. The molecule has 148 valence electrons. The van der Waals surface area contributed by atoms with Gasteiger partial charge in [0.05, 0.1) is 24.9 Å². The van der Waals surface area contributed by atoms with Gasteiger partial charge in [0.1, 0.15) is 13.2 Å². The Labute approximate surface area is 164 Å². The van der Waals surface area contributed by atoms with Gasteiger partial charge in [0.25, 0.3) is 0 Å². The number of fused-ring (bicyclic) bond motifs is 1. The molecule has 0 saturated carbocycles. The van der Waals surface area contributed by atoms with Gasteiger partial charge >= 0.3 is 5.97 Å². The standard InChI is InChI=1S/C21H24N2O5/c1-22(13-15-8-9-18-19(12-15)28-11-10-27-18)14-20(24)23(2)17-7-5-4-6-16(17)21(25)26-3/h4-9,12H,10-11,13-14H2,1-3H3. The second-order valence-corrected chi connectivity index (χ2v) is 6.61. The van der Waals surface area contributed by atoms with E-state index in [0.29, 0.717) is 31.0 Å². The fourth-order valence-electron chi connectivity index (χ4n) is 3.07. The number of ether oxygens (including phenoxy) is 3. The fraction of sp³-hybridized carbons (Fsp3) is 0.333. The largest absolute Gasteiger partial charge is 0.486 e. The van der Waals surface area contributed by atoms with Crippen LogP contribution in [-0.4, -0.2) is 57.7 Å². The van der Waals surface area contributed by atoms with E-state index in [1.807, 2.05) is 30.1 Å². The third-order valence-electron chi connectivity index (χ3n) is 4.51. The molecule has 0 bridgehead atoms. The maximum Gasteiger partial charge on any atom is 0.339 e. The van der Waals surface area contributed by atoms with Gasteiger partial charge in [-0.3, -0.25) is 9.69 Å². The summed E-state index contributed by atoms with van der Waals surface area (Å²) in [6.45, 7) is 1.87. The maximum absolute atomic E-state index is 12.7. The molecule has 0 spiro atoms. The summed E-state index contributed by atoms with van der Waals surface area (Å²) in [6.07, 6.45) is 0. The quantitative estimate of drug-likeness (QED) is 0.712. The highest BCUT2D eigenvalue weighted by Gasteiger charge is 2.20. The Morgan fingerprint density at radius 3 is 2.50 bits per heavy atom. The third kappa shape index (κ3) is 4.43. The number of carbonyl (C=O) groups excluding carboxylic acids is 2. The number of carbonyl (C=O) groups is 2. The molecule has 0 atom stereocenters. The minimum atomic E-state index is -0.472. The number of rotatable bonds is 6. The van der Waals surface area contributed by atoms with Crippen molar-refractivity contribution < 1.29 is 23.8 Å². The van der Waals surface area contributed by atoms with Gasteiger partial charge in [-0.05, 0) is 36.9 Å². The number of esters is 1. The maximum atomic E-state index is 12.7. The molecule has 1 amide bonds. The summed E-state index contributed by atoms with van der Waals surface area (Å²) < 4.78 is 15.9. The molecular formula is C21H24N2O5. The van der Waals surface area contributed by atoms with Crippen molar-refractivity contribution in [2.75, 3.05) is 45.9 Å². The zero-order chi connectivity index (χ0) is 20.1. The van der Waals surface area contributed by atoms with Crippen molar-refractivity contribution in [3.05, 3.63) is 53.6 Å². The molecule has 28 heavy (non-hydrogen) atoms. The predicted molar refractivity (Wildman–Crippen MR) is 105 cm³/mol. The topological polar surface area (TPSA) is 68.3 Å².